The number of para-hydroxylation sites is 1. The van der Waals surface area contributed by atoms with E-state index in [1.807, 2.05) is 24.3 Å². The van der Waals surface area contributed by atoms with Gasteiger partial charge in [-0.05, 0) is 37.4 Å². The highest BCUT2D eigenvalue weighted by Gasteiger charge is 2.12. The lowest BCUT2D eigenvalue weighted by Gasteiger charge is -2.17. The van der Waals surface area contributed by atoms with Crippen LogP contribution in [-0.4, -0.2) is 22.8 Å². The summed E-state index contributed by atoms with van der Waals surface area (Å²) in [4.78, 5) is 22.4. The van der Waals surface area contributed by atoms with Crippen LogP contribution in [0.4, 0.5) is 0 Å². The zero-order chi connectivity index (χ0) is 16.9. The average Bonchev–Trinajstić information content (AvgIpc) is 2.62. The van der Waals surface area contributed by atoms with Crippen molar-refractivity contribution >= 4 is 22.7 Å². The van der Waals surface area contributed by atoms with Gasteiger partial charge in [0.05, 0.1) is 17.4 Å². The van der Waals surface area contributed by atoms with Crippen molar-refractivity contribution in [3.63, 3.8) is 0 Å². The monoisotopic (exact) mass is 340 g/mol. The fourth-order valence-corrected chi connectivity index (χ4v) is 3.21. The van der Waals surface area contributed by atoms with Crippen molar-refractivity contribution in [3.8, 4) is 0 Å². The molecule has 0 saturated carbocycles. The summed E-state index contributed by atoms with van der Waals surface area (Å²) in [6.07, 6.45) is 2.08. The van der Waals surface area contributed by atoms with Crippen molar-refractivity contribution in [2.45, 2.75) is 24.9 Å². The van der Waals surface area contributed by atoms with E-state index in [1.54, 1.807) is 11.8 Å². The topological polar surface area (TPSA) is 50.2 Å². The molecule has 0 amide bonds. The number of nitrogens with zero attached hydrogens (tertiary/aromatic N) is 1. The number of nitrogens with one attached hydrogen (secondary N) is 2. The molecular formula is C19H22N3OS+. The first kappa shape index (κ1) is 16.7. The summed E-state index contributed by atoms with van der Waals surface area (Å²) in [5.74, 6) is 0.747. The smallest absolute Gasteiger partial charge is 0.258 e. The minimum atomic E-state index is -0.0598. The van der Waals surface area contributed by atoms with Gasteiger partial charge in [0.1, 0.15) is 13.1 Å². The summed E-state index contributed by atoms with van der Waals surface area (Å²) in [5, 5.41) is 0.645. The van der Waals surface area contributed by atoms with Crippen LogP contribution in [0.15, 0.2) is 58.2 Å². The second-order valence-corrected chi connectivity index (χ2v) is 6.71. The third-order valence-corrected chi connectivity index (χ3v) is 4.94. The Morgan fingerprint density at radius 3 is 2.54 bits per heavy atom. The molecule has 0 spiro atoms. The van der Waals surface area contributed by atoms with E-state index in [2.05, 4.69) is 47.4 Å². The first-order chi connectivity index (χ1) is 11.7. The molecule has 3 rings (SSSR count). The number of quaternary nitrogens is 1. The summed E-state index contributed by atoms with van der Waals surface area (Å²) in [7, 11) is 0. The van der Waals surface area contributed by atoms with E-state index in [-0.39, 0.29) is 5.56 Å². The maximum atomic E-state index is 12.2. The van der Waals surface area contributed by atoms with Crippen LogP contribution in [0.1, 0.15) is 18.3 Å². The van der Waals surface area contributed by atoms with Crippen molar-refractivity contribution in [1.82, 2.24) is 9.97 Å². The van der Waals surface area contributed by atoms with Crippen LogP contribution in [0, 0.1) is 0 Å². The second kappa shape index (κ2) is 7.64. The van der Waals surface area contributed by atoms with Gasteiger partial charge in [-0.3, -0.25) is 4.79 Å². The standard InChI is InChI=1S/C19H21N3OS/c1-3-22(12-14-8-10-15(24-2)11-9-14)13-18-20-17-7-5-4-6-16(17)19(23)21-18/h4-11H,3,12-13H2,1-2H3,(H,20,21,23)/p+1. The molecule has 1 aromatic heterocycles. The average molecular weight is 340 g/mol. The van der Waals surface area contributed by atoms with Gasteiger partial charge in [-0.15, -0.1) is 11.8 Å². The van der Waals surface area contributed by atoms with E-state index in [9.17, 15) is 4.79 Å². The molecule has 2 N–H and O–H groups in total. The van der Waals surface area contributed by atoms with E-state index in [0.29, 0.717) is 11.9 Å². The van der Waals surface area contributed by atoms with Gasteiger partial charge < -0.3 is 9.88 Å². The first-order valence-corrected chi connectivity index (χ1v) is 9.36. The fraction of sp³-hybridized carbons (Fsp3) is 0.263. The molecule has 0 fully saturated rings. The lowest BCUT2D eigenvalue weighted by molar-refractivity contribution is -0.926. The second-order valence-electron chi connectivity index (χ2n) is 5.83. The van der Waals surface area contributed by atoms with Gasteiger partial charge in [-0.1, -0.05) is 24.3 Å². The number of fused-ring (bicyclic) bond motifs is 1. The largest absolute Gasteiger partial charge is 0.325 e. The third kappa shape index (κ3) is 3.86. The highest BCUT2D eigenvalue weighted by Crippen LogP contribution is 2.14. The molecule has 24 heavy (non-hydrogen) atoms. The van der Waals surface area contributed by atoms with Crippen LogP contribution in [0.2, 0.25) is 0 Å². The Bertz CT molecular complexity index is 874. The molecule has 4 nitrogen and oxygen atoms in total. The summed E-state index contributed by atoms with van der Waals surface area (Å²) in [6, 6.07) is 16.1. The summed E-state index contributed by atoms with van der Waals surface area (Å²) in [5.41, 5.74) is 2.00. The Hall–Kier alpha value is -2.11. The highest BCUT2D eigenvalue weighted by molar-refractivity contribution is 7.98. The molecule has 2 aromatic carbocycles. The van der Waals surface area contributed by atoms with Gasteiger partial charge in [0.2, 0.25) is 0 Å². The van der Waals surface area contributed by atoms with E-state index < -0.39 is 0 Å². The van der Waals surface area contributed by atoms with Crippen LogP contribution < -0.4 is 10.5 Å². The van der Waals surface area contributed by atoms with E-state index in [1.165, 1.54) is 15.4 Å². The molecule has 0 radical (unpaired) electrons. The molecule has 0 saturated heterocycles. The summed E-state index contributed by atoms with van der Waals surface area (Å²) < 4.78 is 0. The number of thioether (sulfide) groups is 1. The Morgan fingerprint density at radius 2 is 1.83 bits per heavy atom. The van der Waals surface area contributed by atoms with E-state index in [4.69, 9.17) is 0 Å². The van der Waals surface area contributed by atoms with Gasteiger partial charge in [0.15, 0.2) is 5.82 Å². The number of hydrogen-bond donors (Lipinski definition) is 2. The fourth-order valence-electron chi connectivity index (χ4n) is 2.80. The Morgan fingerprint density at radius 1 is 1.08 bits per heavy atom. The molecule has 124 valence electrons. The minimum absolute atomic E-state index is 0.0598. The number of benzene rings is 2. The summed E-state index contributed by atoms with van der Waals surface area (Å²) >= 11 is 1.75. The van der Waals surface area contributed by atoms with Gasteiger partial charge in [0, 0.05) is 10.5 Å². The highest BCUT2D eigenvalue weighted by atomic mass is 32.2. The normalized spacial score (nSPS) is 12.4. The molecule has 1 heterocycles. The first-order valence-electron chi connectivity index (χ1n) is 8.14. The number of aromatic nitrogens is 2. The van der Waals surface area contributed by atoms with Crippen molar-refractivity contribution < 1.29 is 4.90 Å². The quantitative estimate of drug-likeness (QED) is 0.677. The SMILES string of the molecule is CC[NH+](Cc1ccc(SC)cc1)Cc1nc2ccccc2c(=O)[nH]1. The minimum Gasteiger partial charge on any atom is -0.325 e. The molecule has 1 atom stereocenters. The van der Waals surface area contributed by atoms with E-state index in [0.717, 1.165) is 24.4 Å². The number of rotatable bonds is 6. The van der Waals surface area contributed by atoms with Crippen LogP contribution >= 0.6 is 11.8 Å². The van der Waals surface area contributed by atoms with Crippen LogP contribution in [0.3, 0.4) is 0 Å². The maximum Gasteiger partial charge on any atom is 0.258 e. The lowest BCUT2D eigenvalue weighted by atomic mass is 10.2. The number of H-pyrrole nitrogens is 1. The Labute approximate surface area is 145 Å². The zero-order valence-electron chi connectivity index (χ0n) is 14.0. The maximum absolute atomic E-state index is 12.2. The van der Waals surface area contributed by atoms with Gasteiger partial charge >= 0.3 is 0 Å². The molecule has 0 aliphatic heterocycles. The molecule has 0 bridgehead atoms. The predicted octanol–water partition coefficient (Wildman–Crippen LogP) is 2.25. The van der Waals surface area contributed by atoms with Crippen molar-refractivity contribution in [2.75, 3.05) is 12.8 Å². The van der Waals surface area contributed by atoms with Crippen molar-refractivity contribution in [3.05, 3.63) is 70.3 Å². The third-order valence-electron chi connectivity index (χ3n) is 4.19. The molecule has 0 aliphatic rings. The van der Waals surface area contributed by atoms with Crippen LogP contribution in [0.5, 0.6) is 0 Å². The van der Waals surface area contributed by atoms with Crippen molar-refractivity contribution in [2.24, 2.45) is 0 Å². The Balaban J connectivity index is 1.78. The molecular weight excluding hydrogens is 318 g/mol. The van der Waals surface area contributed by atoms with Gasteiger partial charge in [-0.2, -0.15) is 0 Å². The lowest BCUT2D eigenvalue weighted by Crippen LogP contribution is -3.09. The zero-order valence-corrected chi connectivity index (χ0v) is 14.8. The predicted molar refractivity (Wildman–Crippen MR) is 99.5 cm³/mol. The molecule has 1 unspecified atom stereocenters. The van der Waals surface area contributed by atoms with Gasteiger partial charge in [0.25, 0.3) is 5.56 Å². The Kier molecular flexibility index (Phi) is 5.33. The summed E-state index contributed by atoms with van der Waals surface area (Å²) in [6.45, 7) is 4.76. The van der Waals surface area contributed by atoms with Crippen LogP contribution in [-0.2, 0) is 13.1 Å². The van der Waals surface area contributed by atoms with Crippen LogP contribution in [0.25, 0.3) is 10.9 Å². The molecule has 5 heteroatoms. The van der Waals surface area contributed by atoms with Gasteiger partial charge in [-0.25, -0.2) is 4.98 Å². The molecule has 3 aromatic rings. The number of hydrogen-bond acceptors (Lipinski definition) is 3. The molecule has 0 aliphatic carbocycles. The van der Waals surface area contributed by atoms with E-state index >= 15 is 0 Å². The van der Waals surface area contributed by atoms with Crippen molar-refractivity contribution in [1.29, 1.82) is 0 Å². The number of aromatic amines is 1.